The van der Waals surface area contributed by atoms with Crippen LogP contribution in [0.1, 0.15) is 0 Å². The third kappa shape index (κ3) is 1.51. The van der Waals surface area contributed by atoms with Gasteiger partial charge in [0, 0.05) is 42.9 Å². The Morgan fingerprint density at radius 2 is 1.65 bits per heavy atom. The predicted octanol–water partition coefficient (Wildman–Crippen LogP) is 2.85. The molecule has 0 saturated carbocycles. The van der Waals surface area contributed by atoms with Crippen LogP contribution in [0, 0.1) is 0 Å². The molecule has 0 aliphatic rings. The van der Waals surface area contributed by atoms with Gasteiger partial charge < -0.3 is 4.90 Å². The Bertz CT molecular complexity index is 689. The summed E-state index contributed by atoms with van der Waals surface area (Å²) >= 11 is 0. The molecule has 17 heavy (non-hydrogen) atoms. The summed E-state index contributed by atoms with van der Waals surface area (Å²) < 4.78 is 0. The Balaban J connectivity index is 2.55. The van der Waals surface area contributed by atoms with E-state index in [0.717, 1.165) is 21.8 Å². The molecule has 0 fully saturated rings. The van der Waals surface area contributed by atoms with Gasteiger partial charge in [-0.1, -0.05) is 6.07 Å². The second kappa shape index (κ2) is 3.70. The fourth-order valence-electron chi connectivity index (χ4n) is 2.13. The maximum Gasteiger partial charge on any atom is 0.0985 e. The highest BCUT2D eigenvalue weighted by Gasteiger charge is 2.08. The SMILES string of the molecule is CN(C)c1cc2cccnc2c2ncccc12. The first-order chi connectivity index (χ1) is 8.27. The highest BCUT2D eigenvalue weighted by molar-refractivity contribution is 6.09. The highest BCUT2D eigenvalue weighted by atomic mass is 15.1. The van der Waals surface area contributed by atoms with E-state index >= 15 is 0 Å². The van der Waals surface area contributed by atoms with Crippen molar-refractivity contribution in [3.8, 4) is 0 Å². The Morgan fingerprint density at radius 3 is 2.41 bits per heavy atom. The van der Waals surface area contributed by atoms with Gasteiger partial charge in [0.2, 0.25) is 0 Å². The zero-order valence-corrected chi connectivity index (χ0v) is 9.88. The predicted molar refractivity (Wildman–Crippen MR) is 71.4 cm³/mol. The van der Waals surface area contributed by atoms with E-state index in [1.165, 1.54) is 5.69 Å². The molecule has 0 amide bonds. The van der Waals surface area contributed by atoms with Crippen LogP contribution in [0.4, 0.5) is 5.69 Å². The average Bonchev–Trinajstić information content (AvgIpc) is 2.37. The molecule has 3 rings (SSSR count). The minimum Gasteiger partial charge on any atom is -0.377 e. The summed E-state index contributed by atoms with van der Waals surface area (Å²) in [6.07, 6.45) is 3.63. The summed E-state index contributed by atoms with van der Waals surface area (Å²) in [4.78, 5) is 11.0. The maximum absolute atomic E-state index is 4.46. The van der Waals surface area contributed by atoms with Crippen molar-refractivity contribution < 1.29 is 0 Å². The molecule has 3 heteroatoms. The monoisotopic (exact) mass is 223 g/mol. The molecule has 1 aromatic carbocycles. The Labute approximate surface area is 99.7 Å². The van der Waals surface area contributed by atoms with Crippen LogP contribution < -0.4 is 4.90 Å². The van der Waals surface area contributed by atoms with Gasteiger partial charge in [0.15, 0.2) is 0 Å². The lowest BCUT2D eigenvalue weighted by molar-refractivity contribution is 1.14. The van der Waals surface area contributed by atoms with Crippen LogP contribution in [-0.2, 0) is 0 Å². The van der Waals surface area contributed by atoms with Gasteiger partial charge in [0.05, 0.1) is 11.0 Å². The van der Waals surface area contributed by atoms with Gasteiger partial charge in [-0.3, -0.25) is 9.97 Å². The van der Waals surface area contributed by atoms with Gasteiger partial charge in [0.1, 0.15) is 0 Å². The molecule has 0 radical (unpaired) electrons. The number of benzene rings is 1. The van der Waals surface area contributed by atoms with E-state index in [1.54, 1.807) is 0 Å². The zero-order chi connectivity index (χ0) is 11.8. The number of aromatic nitrogens is 2. The fourth-order valence-corrected chi connectivity index (χ4v) is 2.13. The first kappa shape index (κ1) is 10.0. The molecule has 0 unspecified atom stereocenters. The van der Waals surface area contributed by atoms with E-state index in [1.807, 2.05) is 38.6 Å². The second-order valence-corrected chi connectivity index (χ2v) is 4.26. The molecule has 0 atom stereocenters. The lowest BCUT2D eigenvalue weighted by atomic mass is 10.1. The van der Waals surface area contributed by atoms with Crippen LogP contribution in [0.5, 0.6) is 0 Å². The quantitative estimate of drug-likeness (QED) is 0.594. The number of nitrogens with zero attached hydrogens (tertiary/aromatic N) is 3. The van der Waals surface area contributed by atoms with Crippen LogP contribution in [0.25, 0.3) is 21.8 Å². The van der Waals surface area contributed by atoms with Gasteiger partial charge in [0.25, 0.3) is 0 Å². The van der Waals surface area contributed by atoms with Gasteiger partial charge in [-0.15, -0.1) is 0 Å². The number of anilines is 1. The molecule has 0 aliphatic carbocycles. The Morgan fingerprint density at radius 1 is 0.941 bits per heavy atom. The Kier molecular flexibility index (Phi) is 2.18. The standard InChI is InChI=1S/C14H13N3/c1-17(2)12-9-10-5-3-7-15-13(10)14-11(12)6-4-8-16-14/h3-9H,1-2H3. The van der Waals surface area contributed by atoms with Gasteiger partial charge in [-0.2, -0.15) is 0 Å². The zero-order valence-electron chi connectivity index (χ0n) is 9.88. The smallest absolute Gasteiger partial charge is 0.0985 e. The molecule has 3 nitrogen and oxygen atoms in total. The summed E-state index contributed by atoms with van der Waals surface area (Å²) in [5.74, 6) is 0. The molecule has 0 spiro atoms. The molecule has 3 aromatic rings. The first-order valence-electron chi connectivity index (χ1n) is 5.57. The summed E-state index contributed by atoms with van der Waals surface area (Å²) in [7, 11) is 4.09. The van der Waals surface area contributed by atoms with Gasteiger partial charge in [-0.05, 0) is 24.3 Å². The molecule has 0 saturated heterocycles. The molecule has 2 aromatic heterocycles. The number of pyridine rings is 2. The molecule has 0 bridgehead atoms. The van der Waals surface area contributed by atoms with Crippen LogP contribution >= 0.6 is 0 Å². The number of hydrogen-bond donors (Lipinski definition) is 0. The van der Waals surface area contributed by atoms with E-state index in [-0.39, 0.29) is 0 Å². The van der Waals surface area contributed by atoms with Crippen LogP contribution in [0.2, 0.25) is 0 Å². The third-order valence-corrected chi connectivity index (χ3v) is 2.92. The molecule has 0 aliphatic heterocycles. The van der Waals surface area contributed by atoms with E-state index in [4.69, 9.17) is 0 Å². The average molecular weight is 223 g/mol. The van der Waals surface area contributed by atoms with E-state index in [0.29, 0.717) is 0 Å². The topological polar surface area (TPSA) is 29.0 Å². The number of hydrogen-bond acceptors (Lipinski definition) is 3. The molecular weight excluding hydrogens is 210 g/mol. The van der Waals surface area contributed by atoms with Crippen LogP contribution in [0.15, 0.2) is 42.7 Å². The summed E-state index contributed by atoms with van der Waals surface area (Å²) in [5, 5.41) is 2.27. The van der Waals surface area contributed by atoms with Crippen molar-refractivity contribution in [1.29, 1.82) is 0 Å². The minimum atomic E-state index is 0.966. The molecule has 2 heterocycles. The van der Waals surface area contributed by atoms with Gasteiger partial charge >= 0.3 is 0 Å². The van der Waals surface area contributed by atoms with Gasteiger partial charge in [-0.25, -0.2) is 0 Å². The molecular formula is C14H13N3. The first-order valence-corrected chi connectivity index (χ1v) is 5.57. The van der Waals surface area contributed by atoms with Crippen molar-refractivity contribution >= 4 is 27.5 Å². The summed E-state index contributed by atoms with van der Waals surface area (Å²) in [6.45, 7) is 0. The Hall–Kier alpha value is -2.16. The third-order valence-electron chi connectivity index (χ3n) is 2.92. The highest BCUT2D eigenvalue weighted by Crippen LogP contribution is 2.30. The molecule has 0 N–H and O–H groups in total. The number of rotatable bonds is 1. The largest absolute Gasteiger partial charge is 0.377 e. The summed E-state index contributed by atoms with van der Waals surface area (Å²) in [5.41, 5.74) is 3.11. The molecule has 84 valence electrons. The maximum atomic E-state index is 4.46. The van der Waals surface area contributed by atoms with Crippen molar-refractivity contribution in [3.63, 3.8) is 0 Å². The fraction of sp³-hybridized carbons (Fsp3) is 0.143. The van der Waals surface area contributed by atoms with E-state index < -0.39 is 0 Å². The normalized spacial score (nSPS) is 10.9. The lowest BCUT2D eigenvalue weighted by Gasteiger charge is -2.16. The van der Waals surface area contributed by atoms with E-state index in [9.17, 15) is 0 Å². The summed E-state index contributed by atoms with van der Waals surface area (Å²) in [6, 6.07) is 10.2. The van der Waals surface area contributed by atoms with Crippen LogP contribution in [0.3, 0.4) is 0 Å². The van der Waals surface area contributed by atoms with E-state index in [2.05, 4.69) is 33.1 Å². The van der Waals surface area contributed by atoms with Crippen molar-refractivity contribution in [2.75, 3.05) is 19.0 Å². The lowest BCUT2D eigenvalue weighted by Crippen LogP contribution is -2.09. The van der Waals surface area contributed by atoms with Crippen molar-refractivity contribution in [2.24, 2.45) is 0 Å². The van der Waals surface area contributed by atoms with Crippen LogP contribution in [-0.4, -0.2) is 24.1 Å². The number of fused-ring (bicyclic) bond motifs is 3. The van der Waals surface area contributed by atoms with Crippen molar-refractivity contribution in [2.45, 2.75) is 0 Å². The second-order valence-electron chi connectivity index (χ2n) is 4.26. The van der Waals surface area contributed by atoms with Crippen molar-refractivity contribution in [1.82, 2.24) is 9.97 Å². The van der Waals surface area contributed by atoms with Crippen molar-refractivity contribution in [3.05, 3.63) is 42.7 Å². The minimum absolute atomic E-state index is 0.966.